The summed E-state index contributed by atoms with van der Waals surface area (Å²) in [5.41, 5.74) is 2.65. The summed E-state index contributed by atoms with van der Waals surface area (Å²) in [5, 5.41) is 3.84. The predicted octanol–water partition coefficient (Wildman–Crippen LogP) is 3.82. The van der Waals surface area contributed by atoms with Gasteiger partial charge in [-0.3, -0.25) is 4.79 Å². The maximum Gasteiger partial charge on any atom is 0.234 e. The summed E-state index contributed by atoms with van der Waals surface area (Å²) in [6.45, 7) is 0. The minimum Gasteiger partial charge on any atom is -0.325 e. The van der Waals surface area contributed by atoms with Crippen LogP contribution >= 0.6 is 23.1 Å². The van der Waals surface area contributed by atoms with E-state index in [0.717, 1.165) is 26.5 Å². The number of thioether (sulfide) groups is 1. The number of hydrogen-bond acceptors (Lipinski definition) is 6. The number of benzene rings is 2. The average molecular weight is 419 g/mol. The number of rotatable bonds is 5. The van der Waals surface area contributed by atoms with Crippen molar-refractivity contribution in [2.75, 3.05) is 22.6 Å². The van der Waals surface area contributed by atoms with Crippen LogP contribution in [0.1, 0.15) is 6.42 Å². The first-order valence-electron chi connectivity index (χ1n) is 8.56. The highest BCUT2D eigenvalue weighted by Gasteiger charge is 2.28. The summed E-state index contributed by atoms with van der Waals surface area (Å²) in [7, 11) is -2.91. The van der Waals surface area contributed by atoms with Gasteiger partial charge in [0.05, 0.1) is 27.5 Å². The Kier molecular flexibility index (Phi) is 5.21. The number of nitrogens with zero attached hydrogens (tertiary/aromatic N) is 1. The summed E-state index contributed by atoms with van der Waals surface area (Å²) in [4.78, 5) is 16.9. The average Bonchev–Trinajstić information content (AvgIpc) is 3.23. The van der Waals surface area contributed by atoms with Crippen LogP contribution in [0.15, 0.2) is 48.5 Å². The third-order valence-electron chi connectivity index (χ3n) is 4.33. The molecule has 1 unspecified atom stereocenters. The van der Waals surface area contributed by atoms with Gasteiger partial charge in [0.15, 0.2) is 9.84 Å². The van der Waals surface area contributed by atoms with Gasteiger partial charge in [-0.2, -0.15) is 0 Å². The van der Waals surface area contributed by atoms with Crippen LogP contribution in [-0.2, 0) is 14.6 Å². The van der Waals surface area contributed by atoms with Crippen LogP contribution in [0.3, 0.4) is 0 Å². The van der Waals surface area contributed by atoms with Gasteiger partial charge in [0.25, 0.3) is 0 Å². The summed E-state index contributed by atoms with van der Waals surface area (Å²) < 4.78 is 24.1. The topological polar surface area (TPSA) is 76.1 Å². The number of carbonyl (C=O) groups is 1. The molecule has 0 bridgehead atoms. The van der Waals surface area contributed by atoms with Gasteiger partial charge < -0.3 is 5.32 Å². The van der Waals surface area contributed by atoms with E-state index >= 15 is 0 Å². The van der Waals surface area contributed by atoms with Gasteiger partial charge in [0, 0.05) is 16.5 Å². The first-order valence-corrected chi connectivity index (χ1v) is 12.3. The molecule has 2 aromatic carbocycles. The minimum atomic E-state index is -2.91. The van der Waals surface area contributed by atoms with Gasteiger partial charge in [-0.25, -0.2) is 13.4 Å². The van der Waals surface area contributed by atoms with Crippen LogP contribution in [0.5, 0.6) is 0 Å². The van der Waals surface area contributed by atoms with Crippen molar-refractivity contribution in [3.63, 3.8) is 0 Å². The number of anilines is 1. The Morgan fingerprint density at radius 3 is 2.85 bits per heavy atom. The van der Waals surface area contributed by atoms with E-state index in [2.05, 4.69) is 10.3 Å². The van der Waals surface area contributed by atoms with E-state index in [4.69, 9.17) is 0 Å². The number of amides is 1. The van der Waals surface area contributed by atoms with Crippen LogP contribution in [0.25, 0.3) is 20.8 Å². The molecule has 0 aliphatic carbocycles. The molecule has 0 radical (unpaired) electrons. The molecule has 1 aliphatic rings. The van der Waals surface area contributed by atoms with Crippen LogP contribution < -0.4 is 5.32 Å². The van der Waals surface area contributed by atoms with Crippen molar-refractivity contribution in [1.29, 1.82) is 0 Å². The molecule has 8 heteroatoms. The van der Waals surface area contributed by atoms with Gasteiger partial charge in [-0.1, -0.05) is 24.3 Å². The van der Waals surface area contributed by atoms with E-state index in [1.807, 2.05) is 48.5 Å². The van der Waals surface area contributed by atoms with E-state index in [9.17, 15) is 13.2 Å². The van der Waals surface area contributed by atoms with E-state index in [0.29, 0.717) is 6.42 Å². The molecule has 0 spiro atoms. The lowest BCUT2D eigenvalue weighted by atomic mass is 10.2. The highest BCUT2D eigenvalue weighted by Crippen LogP contribution is 2.31. The fourth-order valence-electron chi connectivity index (χ4n) is 3.01. The second kappa shape index (κ2) is 7.61. The van der Waals surface area contributed by atoms with Crippen molar-refractivity contribution in [2.45, 2.75) is 11.7 Å². The van der Waals surface area contributed by atoms with Crippen LogP contribution in [0, 0.1) is 0 Å². The smallest absolute Gasteiger partial charge is 0.234 e. The number of nitrogens with one attached hydrogen (secondary N) is 1. The molecule has 0 saturated carbocycles. The van der Waals surface area contributed by atoms with Gasteiger partial charge in [-0.05, 0) is 30.7 Å². The second-order valence-electron chi connectivity index (χ2n) is 6.45. The highest BCUT2D eigenvalue weighted by atomic mass is 32.2. The van der Waals surface area contributed by atoms with E-state index < -0.39 is 9.84 Å². The molecule has 140 valence electrons. The fourth-order valence-corrected chi connectivity index (χ4v) is 7.41. The fraction of sp³-hybridized carbons (Fsp3) is 0.263. The Morgan fingerprint density at radius 2 is 2.07 bits per heavy atom. The Morgan fingerprint density at radius 1 is 1.22 bits per heavy atom. The lowest BCUT2D eigenvalue weighted by Gasteiger charge is -2.09. The number of hydrogen-bond donors (Lipinski definition) is 1. The first kappa shape index (κ1) is 18.5. The predicted molar refractivity (Wildman–Crippen MR) is 113 cm³/mol. The molecular formula is C19H18N2O3S3. The van der Waals surface area contributed by atoms with Gasteiger partial charge in [-0.15, -0.1) is 23.1 Å². The third-order valence-corrected chi connectivity index (χ3v) is 8.69. The Balaban J connectivity index is 1.41. The molecule has 3 aromatic rings. The molecule has 1 amide bonds. The summed E-state index contributed by atoms with van der Waals surface area (Å²) in [5.74, 6) is 0.547. The van der Waals surface area contributed by atoms with Crippen molar-refractivity contribution in [3.05, 3.63) is 48.5 Å². The van der Waals surface area contributed by atoms with E-state index in [-0.39, 0.29) is 28.4 Å². The zero-order valence-corrected chi connectivity index (χ0v) is 16.9. The zero-order valence-electron chi connectivity index (χ0n) is 14.4. The standard InChI is InChI=1S/C19H18N2O3S3/c22-18(11-25-15-8-9-27(23,24)12-15)20-14-5-3-4-13(10-14)19-21-16-6-1-2-7-17(16)26-19/h1-7,10,15H,8-9,11-12H2,(H,20,22). The molecule has 4 rings (SSSR count). The van der Waals surface area contributed by atoms with Crippen molar-refractivity contribution in [2.24, 2.45) is 0 Å². The lowest BCUT2D eigenvalue weighted by molar-refractivity contribution is -0.113. The normalized spacial score (nSPS) is 18.6. The van der Waals surface area contributed by atoms with Gasteiger partial charge in [0.1, 0.15) is 5.01 Å². The second-order valence-corrected chi connectivity index (χ2v) is 11.0. The minimum absolute atomic E-state index is 0.0230. The number of fused-ring (bicyclic) bond motifs is 1. The van der Waals surface area contributed by atoms with E-state index in [1.54, 1.807) is 11.3 Å². The molecule has 1 atom stereocenters. The van der Waals surface area contributed by atoms with Crippen LogP contribution in [0.4, 0.5) is 5.69 Å². The molecule has 2 heterocycles. The maximum absolute atomic E-state index is 12.2. The van der Waals surface area contributed by atoms with Crippen molar-refractivity contribution < 1.29 is 13.2 Å². The summed E-state index contributed by atoms with van der Waals surface area (Å²) in [6, 6.07) is 15.6. The Hall–Kier alpha value is -1.90. The monoisotopic (exact) mass is 418 g/mol. The molecule has 5 nitrogen and oxygen atoms in total. The SMILES string of the molecule is O=C(CSC1CCS(=O)(=O)C1)Nc1cccc(-c2nc3ccccc3s2)c1. The molecule has 1 N–H and O–H groups in total. The van der Waals surface area contributed by atoms with Crippen molar-refractivity contribution in [3.8, 4) is 10.6 Å². The van der Waals surface area contributed by atoms with Gasteiger partial charge >= 0.3 is 0 Å². The van der Waals surface area contributed by atoms with E-state index in [1.165, 1.54) is 11.8 Å². The molecule has 1 fully saturated rings. The number of carbonyl (C=O) groups excluding carboxylic acids is 1. The van der Waals surface area contributed by atoms with Gasteiger partial charge in [0.2, 0.25) is 5.91 Å². The number of para-hydroxylation sites is 1. The molecular weight excluding hydrogens is 400 g/mol. The van der Waals surface area contributed by atoms with Crippen molar-refractivity contribution >= 4 is 54.7 Å². The number of thiazole rings is 1. The number of aromatic nitrogens is 1. The largest absolute Gasteiger partial charge is 0.325 e. The summed E-state index contributed by atoms with van der Waals surface area (Å²) >= 11 is 3.04. The van der Waals surface area contributed by atoms with Crippen molar-refractivity contribution in [1.82, 2.24) is 4.98 Å². The first-order chi connectivity index (χ1) is 13.0. The maximum atomic E-state index is 12.2. The Bertz CT molecular complexity index is 1060. The van der Waals surface area contributed by atoms with Crippen LogP contribution in [0.2, 0.25) is 0 Å². The van der Waals surface area contributed by atoms with Crippen LogP contribution in [-0.4, -0.2) is 41.8 Å². The quantitative estimate of drug-likeness (QED) is 0.682. The number of sulfone groups is 1. The third kappa shape index (κ3) is 4.51. The summed E-state index contributed by atoms with van der Waals surface area (Å²) in [6.07, 6.45) is 0.632. The zero-order chi connectivity index (χ0) is 18.9. The molecule has 1 aliphatic heterocycles. The molecule has 1 aromatic heterocycles. The highest BCUT2D eigenvalue weighted by molar-refractivity contribution is 8.02. The lowest BCUT2D eigenvalue weighted by Crippen LogP contribution is -2.17. The molecule has 27 heavy (non-hydrogen) atoms. The Labute approximate surface area is 166 Å². The molecule has 1 saturated heterocycles.